The number of aryl methyl sites for hydroxylation is 1. The summed E-state index contributed by atoms with van der Waals surface area (Å²) in [4.78, 5) is 12.2. The monoisotopic (exact) mass is 341 g/mol. The summed E-state index contributed by atoms with van der Waals surface area (Å²) < 4.78 is 2.17. The molecule has 0 saturated heterocycles. The third kappa shape index (κ3) is 4.08. The topological polar surface area (TPSA) is 46.9 Å². The number of nitrogens with one attached hydrogen (secondary N) is 1. The van der Waals surface area contributed by atoms with Crippen LogP contribution in [-0.2, 0) is 6.54 Å². The maximum atomic E-state index is 12.2. The second kappa shape index (κ2) is 7.81. The van der Waals surface area contributed by atoms with Gasteiger partial charge in [-0.05, 0) is 35.2 Å². The molecule has 0 spiro atoms. The maximum absolute atomic E-state index is 12.2. The van der Waals surface area contributed by atoms with E-state index < -0.39 is 0 Å². The van der Waals surface area contributed by atoms with Crippen LogP contribution in [0.4, 0.5) is 5.69 Å². The number of hydrogen-bond donors (Lipinski definition) is 1. The first-order chi connectivity index (χ1) is 9.72. The number of halogens is 1. The molecule has 1 N–H and O–H groups in total. The van der Waals surface area contributed by atoms with Crippen molar-refractivity contribution in [2.75, 3.05) is 5.32 Å². The SMILES string of the molecule is CCCCn1ncc(NC2CCCCCC2)c(Br)c1=O. The summed E-state index contributed by atoms with van der Waals surface area (Å²) in [7, 11) is 0. The van der Waals surface area contributed by atoms with Crippen LogP contribution in [0.5, 0.6) is 0 Å². The first-order valence-corrected chi connectivity index (χ1v) is 8.54. The molecule has 1 aromatic heterocycles. The Morgan fingerprint density at radius 1 is 1.35 bits per heavy atom. The van der Waals surface area contributed by atoms with Crippen molar-refractivity contribution in [2.24, 2.45) is 0 Å². The molecule has 0 unspecified atom stereocenters. The molecule has 0 aromatic carbocycles. The van der Waals surface area contributed by atoms with Gasteiger partial charge in [-0.15, -0.1) is 0 Å². The lowest BCUT2D eigenvalue weighted by Crippen LogP contribution is -2.26. The molecule has 1 saturated carbocycles. The Morgan fingerprint density at radius 3 is 2.70 bits per heavy atom. The largest absolute Gasteiger partial charge is 0.380 e. The lowest BCUT2D eigenvalue weighted by Gasteiger charge is -2.18. The molecule has 0 atom stereocenters. The molecular weight excluding hydrogens is 318 g/mol. The van der Waals surface area contributed by atoms with Gasteiger partial charge in [0.05, 0.1) is 11.9 Å². The summed E-state index contributed by atoms with van der Waals surface area (Å²) >= 11 is 3.43. The number of aromatic nitrogens is 2. The van der Waals surface area contributed by atoms with Crippen molar-refractivity contribution in [2.45, 2.75) is 70.9 Å². The van der Waals surface area contributed by atoms with E-state index in [0.29, 0.717) is 17.1 Å². The molecule has 2 rings (SSSR count). The molecule has 1 aliphatic carbocycles. The fourth-order valence-electron chi connectivity index (χ4n) is 2.68. The van der Waals surface area contributed by atoms with E-state index in [9.17, 15) is 4.79 Å². The smallest absolute Gasteiger partial charge is 0.283 e. The minimum atomic E-state index is -0.0305. The van der Waals surface area contributed by atoms with E-state index in [1.165, 1.54) is 38.5 Å². The van der Waals surface area contributed by atoms with Crippen molar-refractivity contribution in [3.8, 4) is 0 Å². The van der Waals surface area contributed by atoms with E-state index in [0.717, 1.165) is 18.5 Å². The van der Waals surface area contributed by atoms with Crippen LogP contribution in [0.3, 0.4) is 0 Å². The number of nitrogens with zero attached hydrogens (tertiary/aromatic N) is 2. The fourth-order valence-corrected chi connectivity index (χ4v) is 3.10. The molecule has 1 aromatic rings. The summed E-state index contributed by atoms with van der Waals surface area (Å²) in [5, 5.41) is 7.77. The Morgan fingerprint density at radius 2 is 2.05 bits per heavy atom. The van der Waals surface area contributed by atoms with Gasteiger partial charge < -0.3 is 5.32 Å². The first-order valence-electron chi connectivity index (χ1n) is 7.74. The Labute approximate surface area is 129 Å². The van der Waals surface area contributed by atoms with Crippen molar-refractivity contribution >= 4 is 21.6 Å². The van der Waals surface area contributed by atoms with Gasteiger partial charge in [0.2, 0.25) is 0 Å². The quantitative estimate of drug-likeness (QED) is 0.825. The van der Waals surface area contributed by atoms with Crippen molar-refractivity contribution in [1.82, 2.24) is 9.78 Å². The van der Waals surface area contributed by atoms with Crippen LogP contribution in [0.2, 0.25) is 0 Å². The van der Waals surface area contributed by atoms with Crippen LogP contribution in [-0.4, -0.2) is 15.8 Å². The van der Waals surface area contributed by atoms with Crippen molar-refractivity contribution in [3.63, 3.8) is 0 Å². The molecule has 1 heterocycles. The van der Waals surface area contributed by atoms with E-state index >= 15 is 0 Å². The minimum Gasteiger partial charge on any atom is -0.380 e. The molecule has 4 nitrogen and oxygen atoms in total. The Bertz CT molecular complexity index is 478. The highest BCUT2D eigenvalue weighted by molar-refractivity contribution is 9.10. The third-order valence-electron chi connectivity index (χ3n) is 3.92. The van der Waals surface area contributed by atoms with E-state index in [4.69, 9.17) is 0 Å². The highest BCUT2D eigenvalue weighted by atomic mass is 79.9. The molecule has 0 amide bonds. The average Bonchev–Trinajstić information content (AvgIpc) is 2.72. The predicted octanol–water partition coefficient (Wildman–Crippen LogP) is 3.94. The van der Waals surface area contributed by atoms with Crippen LogP contribution >= 0.6 is 15.9 Å². The second-order valence-corrected chi connectivity index (χ2v) is 6.38. The second-order valence-electron chi connectivity index (χ2n) is 5.59. The lowest BCUT2D eigenvalue weighted by molar-refractivity contribution is 0.539. The van der Waals surface area contributed by atoms with Gasteiger partial charge in [-0.25, -0.2) is 4.68 Å². The van der Waals surface area contributed by atoms with Gasteiger partial charge in [0, 0.05) is 12.6 Å². The van der Waals surface area contributed by atoms with Gasteiger partial charge in [0.1, 0.15) is 4.47 Å². The zero-order valence-electron chi connectivity index (χ0n) is 12.2. The third-order valence-corrected chi connectivity index (χ3v) is 4.69. The van der Waals surface area contributed by atoms with Gasteiger partial charge in [-0.1, -0.05) is 39.0 Å². The summed E-state index contributed by atoms with van der Waals surface area (Å²) in [5.74, 6) is 0. The molecule has 0 aliphatic heterocycles. The van der Waals surface area contributed by atoms with Crippen molar-refractivity contribution < 1.29 is 0 Å². The summed E-state index contributed by atoms with van der Waals surface area (Å²) in [5.41, 5.74) is 0.812. The number of unbranched alkanes of at least 4 members (excludes halogenated alkanes) is 1. The van der Waals surface area contributed by atoms with Crippen LogP contribution in [0.15, 0.2) is 15.5 Å². The van der Waals surface area contributed by atoms with E-state index in [1.54, 1.807) is 10.9 Å². The zero-order valence-corrected chi connectivity index (χ0v) is 13.8. The molecule has 5 heteroatoms. The molecule has 0 bridgehead atoms. The minimum absolute atomic E-state index is 0.0305. The number of hydrogen-bond acceptors (Lipinski definition) is 3. The molecule has 1 fully saturated rings. The Kier molecular flexibility index (Phi) is 6.07. The maximum Gasteiger partial charge on any atom is 0.283 e. The van der Waals surface area contributed by atoms with E-state index in [2.05, 4.69) is 33.3 Å². The van der Waals surface area contributed by atoms with Crippen LogP contribution < -0.4 is 10.9 Å². The zero-order chi connectivity index (χ0) is 14.4. The van der Waals surface area contributed by atoms with Gasteiger partial charge in [0.15, 0.2) is 0 Å². The number of anilines is 1. The fraction of sp³-hybridized carbons (Fsp3) is 0.733. The molecular formula is C15H24BrN3O. The molecule has 1 aliphatic rings. The highest BCUT2D eigenvalue weighted by Crippen LogP contribution is 2.23. The Hall–Kier alpha value is -0.840. The molecule has 20 heavy (non-hydrogen) atoms. The van der Waals surface area contributed by atoms with Crippen molar-refractivity contribution in [1.29, 1.82) is 0 Å². The lowest BCUT2D eigenvalue weighted by atomic mass is 10.1. The van der Waals surface area contributed by atoms with Crippen molar-refractivity contribution in [3.05, 3.63) is 21.0 Å². The molecule has 112 valence electrons. The summed E-state index contributed by atoms with van der Waals surface area (Å²) in [6, 6.07) is 0.474. The van der Waals surface area contributed by atoms with E-state index in [1.807, 2.05) is 0 Å². The molecule has 0 radical (unpaired) electrons. The van der Waals surface area contributed by atoms with Gasteiger partial charge in [-0.2, -0.15) is 5.10 Å². The summed E-state index contributed by atoms with van der Waals surface area (Å²) in [6.07, 6.45) is 11.4. The van der Waals surface area contributed by atoms with Crippen LogP contribution in [0, 0.1) is 0 Å². The van der Waals surface area contributed by atoms with E-state index in [-0.39, 0.29) is 5.56 Å². The van der Waals surface area contributed by atoms with Crippen LogP contribution in [0.1, 0.15) is 58.3 Å². The average molecular weight is 342 g/mol. The van der Waals surface area contributed by atoms with Gasteiger partial charge in [0.25, 0.3) is 5.56 Å². The normalized spacial score (nSPS) is 16.9. The Balaban J connectivity index is 2.08. The predicted molar refractivity (Wildman–Crippen MR) is 86.2 cm³/mol. The number of rotatable bonds is 5. The van der Waals surface area contributed by atoms with Crippen LogP contribution in [0.25, 0.3) is 0 Å². The van der Waals surface area contributed by atoms with Gasteiger partial charge in [-0.3, -0.25) is 4.79 Å². The standard InChI is InChI=1S/C15H24BrN3O/c1-2-3-10-19-15(20)14(16)13(11-17-19)18-12-8-6-4-5-7-9-12/h11-12,18H,2-10H2,1H3. The summed E-state index contributed by atoms with van der Waals surface area (Å²) in [6.45, 7) is 2.81. The highest BCUT2D eigenvalue weighted by Gasteiger charge is 2.15. The first kappa shape index (κ1) is 15.5. The van der Waals surface area contributed by atoms with Gasteiger partial charge >= 0.3 is 0 Å².